The second-order valence-corrected chi connectivity index (χ2v) is 9.40. The van der Waals surface area contributed by atoms with Gasteiger partial charge in [-0.05, 0) is 37.5 Å². The van der Waals surface area contributed by atoms with Gasteiger partial charge in [0.05, 0.1) is 17.0 Å². The number of amides is 2. The number of carbonyl (C=O) groups is 3. The van der Waals surface area contributed by atoms with Crippen molar-refractivity contribution in [2.45, 2.75) is 42.9 Å². The lowest BCUT2D eigenvalue weighted by atomic mass is 9.44. The summed E-state index contributed by atoms with van der Waals surface area (Å²) in [4.78, 5) is 37.2. The number of hydrogen-bond donors (Lipinski definition) is 2. The number of benzene rings is 2. The van der Waals surface area contributed by atoms with E-state index in [1.54, 1.807) is 0 Å². The number of hydrogen-bond acceptors (Lipinski definition) is 5. The molecule has 7 nitrogen and oxygen atoms in total. The van der Waals surface area contributed by atoms with Crippen molar-refractivity contribution in [2.75, 3.05) is 6.61 Å². The normalized spacial score (nSPS) is 26.4. The molecule has 11 heteroatoms. The maximum Gasteiger partial charge on any atom is 0.261 e. The molecule has 3 fully saturated rings. The summed E-state index contributed by atoms with van der Waals surface area (Å²) >= 11 is 5.61. The van der Waals surface area contributed by atoms with Gasteiger partial charge in [0, 0.05) is 23.2 Å². The first kappa shape index (κ1) is 22.5. The fourth-order valence-electron chi connectivity index (χ4n) is 4.91. The molecule has 34 heavy (non-hydrogen) atoms. The standard InChI is InChI=1S/C23H18ClF3N2O5/c24-13-2-1-11(3-14(13)25)33-7-20(31)28-22-8-23(9-22,10-22)29-21(32)19-6-17(30)12-4-15(26)16(27)5-18(12)34-19/h1-5,19H,6-10H2,(H,28,31)(H,29,32). The highest BCUT2D eigenvalue weighted by molar-refractivity contribution is 6.30. The van der Waals surface area contributed by atoms with Gasteiger partial charge in [-0.25, -0.2) is 13.2 Å². The molecule has 1 heterocycles. The van der Waals surface area contributed by atoms with Crippen molar-refractivity contribution < 1.29 is 37.0 Å². The third kappa shape index (κ3) is 3.96. The molecule has 2 amide bonds. The Labute approximate surface area is 196 Å². The van der Waals surface area contributed by atoms with Crippen LogP contribution in [0, 0.1) is 17.5 Å². The van der Waals surface area contributed by atoms with Crippen molar-refractivity contribution in [3.63, 3.8) is 0 Å². The summed E-state index contributed by atoms with van der Waals surface area (Å²) in [5.41, 5.74) is -1.08. The van der Waals surface area contributed by atoms with Crippen LogP contribution in [0.15, 0.2) is 30.3 Å². The maximum atomic E-state index is 13.5. The van der Waals surface area contributed by atoms with Gasteiger partial charge in [0.1, 0.15) is 17.3 Å². The number of ether oxygens (including phenoxy) is 2. The first-order chi connectivity index (χ1) is 16.1. The molecule has 1 unspecified atom stereocenters. The minimum atomic E-state index is -1.17. The largest absolute Gasteiger partial charge is 0.484 e. The van der Waals surface area contributed by atoms with Crippen molar-refractivity contribution >= 4 is 29.2 Å². The second kappa shape index (κ2) is 7.90. The first-order valence-corrected chi connectivity index (χ1v) is 10.8. The average Bonchev–Trinajstić information content (AvgIpc) is 2.73. The number of halogens is 4. The van der Waals surface area contributed by atoms with Crippen LogP contribution < -0.4 is 20.1 Å². The highest BCUT2D eigenvalue weighted by atomic mass is 35.5. The lowest BCUT2D eigenvalue weighted by molar-refractivity contribution is -0.154. The van der Waals surface area contributed by atoms with Crippen LogP contribution in [-0.2, 0) is 9.59 Å². The fourth-order valence-corrected chi connectivity index (χ4v) is 5.02. The summed E-state index contributed by atoms with van der Waals surface area (Å²) in [6.45, 7) is -0.309. The number of rotatable bonds is 6. The molecular weight excluding hydrogens is 477 g/mol. The molecule has 2 N–H and O–H groups in total. The summed E-state index contributed by atoms with van der Waals surface area (Å²) in [5, 5.41) is 5.67. The van der Waals surface area contributed by atoms with E-state index in [2.05, 4.69) is 10.6 Å². The zero-order chi connectivity index (χ0) is 24.3. The van der Waals surface area contributed by atoms with Crippen LogP contribution in [-0.4, -0.2) is 41.4 Å². The Morgan fingerprint density at radius 1 is 1.03 bits per heavy atom. The summed E-state index contributed by atoms with van der Waals surface area (Å²) in [6.07, 6.45) is 0.0285. The maximum absolute atomic E-state index is 13.5. The third-order valence-corrected chi connectivity index (χ3v) is 6.65. The molecule has 6 rings (SSSR count). The smallest absolute Gasteiger partial charge is 0.261 e. The monoisotopic (exact) mass is 494 g/mol. The molecule has 0 spiro atoms. The first-order valence-electron chi connectivity index (χ1n) is 10.5. The molecule has 1 atom stereocenters. The quantitative estimate of drug-likeness (QED) is 0.644. The highest BCUT2D eigenvalue weighted by Gasteiger charge is 2.69. The Hall–Kier alpha value is -3.27. The number of Topliss-reactive ketones (excluding diaryl/α,β-unsaturated/α-hetero) is 1. The van der Waals surface area contributed by atoms with Crippen LogP contribution in [0.25, 0.3) is 0 Å². The Bertz CT molecular complexity index is 1220. The van der Waals surface area contributed by atoms with E-state index in [9.17, 15) is 27.6 Å². The Morgan fingerprint density at radius 3 is 2.41 bits per heavy atom. The molecule has 0 radical (unpaired) electrons. The predicted molar refractivity (Wildman–Crippen MR) is 112 cm³/mol. The van der Waals surface area contributed by atoms with E-state index in [-0.39, 0.29) is 41.0 Å². The van der Waals surface area contributed by atoms with E-state index in [1.807, 2.05) is 0 Å². The van der Waals surface area contributed by atoms with Crippen LogP contribution in [0.2, 0.25) is 5.02 Å². The van der Waals surface area contributed by atoms with E-state index in [4.69, 9.17) is 21.1 Å². The van der Waals surface area contributed by atoms with Crippen LogP contribution >= 0.6 is 11.6 Å². The molecule has 2 aromatic carbocycles. The van der Waals surface area contributed by atoms with Gasteiger partial charge >= 0.3 is 0 Å². The van der Waals surface area contributed by atoms with E-state index >= 15 is 0 Å². The van der Waals surface area contributed by atoms with E-state index < -0.39 is 46.3 Å². The molecule has 2 bridgehead atoms. The molecule has 2 aromatic rings. The number of carbonyl (C=O) groups excluding carboxylic acids is 3. The van der Waals surface area contributed by atoms with Gasteiger partial charge in [0.25, 0.3) is 11.8 Å². The Morgan fingerprint density at radius 2 is 1.71 bits per heavy atom. The summed E-state index contributed by atoms with van der Waals surface area (Å²) in [7, 11) is 0. The number of ketones is 1. The molecule has 1 aliphatic heterocycles. The minimum absolute atomic E-state index is 0.0497. The SMILES string of the molecule is O=C(COc1ccc(Cl)c(F)c1)NC12CC(NC(=O)C3CC(=O)c4cc(F)c(F)cc4O3)(C1)C2. The van der Waals surface area contributed by atoms with Crippen molar-refractivity contribution in [3.8, 4) is 11.5 Å². The van der Waals surface area contributed by atoms with Crippen LogP contribution in [0.4, 0.5) is 13.2 Å². The number of nitrogens with one attached hydrogen (secondary N) is 2. The Balaban J connectivity index is 1.11. The zero-order valence-corrected chi connectivity index (χ0v) is 18.3. The van der Waals surface area contributed by atoms with Gasteiger partial charge in [-0.15, -0.1) is 0 Å². The second-order valence-electron chi connectivity index (χ2n) is 8.99. The summed E-state index contributed by atoms with van der Waals surface area (Å²) in [6, 6.07) is 5.39. The minimum Gasteiger partial charge on any atom is -0.484 e. The molecule has 3 saturated carbocycles. The summed E-state index contributed by atoms with van der Waals surface area (Å²) < 4.78 is 51.1. The van der Waals surface area contributed by atoms with Crippen LogP contribution in [0.5, 0.6) is 11.5 Å². The van der Waals surface area contributed by atoms with Gasteiger partial charge < -0.3 is 20.1 Å². The summed E-state index contributed by atoms with van der Waals surface area (Å²) in [5.74, 6) is -4.41. The zero-order valence-electron chi connectivity index (χ0n) is 17.6. The number of fused-ring (bicyclic) bond motifs is 1. The Kier molecular flexibility index (Phi) is 5.23. The van der Waals surface area contributed by atoms with Gasteiger partial charge in [0.15, 0.2) is 30.1 Å². The molecule has 4 aliphatic rings. The topological polar surface area (TPSA) is 93.7 Å². The molecule has 3 aliphatic carbocycles. The van der Waals surface area contributed by atoms with Gasteiger partial charge in [-0.1, -0.05) is 11.6 Å². The van der Waals surface area contributed by atoms with E-state index in [1.165, 1.54) is 12.1 Å². The van der Waals surface area contributed by atoms with E-state index in [0.29, 0.717) is 19.3 Å². The molecule has 178 valence electrons. The molecule has 0 aromatic heterocycles. The van der Waals surface area contributed by atoms with Crippen LogP contribution in [0.3, 0.4) is 0 Å². The van der Waals surface area contributed by atoms with Crippen molar-refractivity contribution in [1.29, 1.82) is 0 Å². The van der Waals surface area contributed by atoms with Gasteiger partial charge in [-0.2, -0.15) is 0 Å². The van der Waals surface area contributed by atoms with Crippen molar-refractivity contribution in [3.05, 3.63) is 58.4 Å². The van der Waals surface area contributed by atoms with Gasteiger partial charge in [0.2, 0.25) is 0 Å². The lowest BCUT2D eigenvalue weighted by Gasteiger charge is -2.70. The van der Waals surface area contributed by atoms with Crippen molar-refractivity contribution in [1.82, 2.24) is 10.6 Å². The fraction of sp³-hybridized carbons (Fsp3) is 0.348. The molecule has 0 saturated heterocycles. The van der Waals surface area contributed by atoms with Crippen LogP contribution in [0.1, 0.15) is 36.0 Å². The van der Waals surface area contributed by atoms with Crippen molar-refractivity contribution in [2.24, 2.45) is 0 Å². The average molecular weight is 495 g/mol. The molecular formula is C23H18ClF3N2O5. The predicted octanol–water partition coefficient (Wildman–Crippen LogP) is 3.08. The highest BCUT2D eigenvalue weighted by Crippen LogP contribution is 2.60. The van der Waals surface area contributed by atoms with E-state index in [0.717, 1.165) is 18.2 Å². The third-order valence-electron chi connectivity index (χ3n) is 6.34. The lowest BCUT2D eigenvalue weighted by Crippen LogP contribution is -2.84. The van der Waals surface area contributed by atoms with Gasteiger partial charge in [-0.3, -0.25) is 14.4 Å².